The zero-order valence-electron chi connectivity index (χ0n) is 8.49. The molecule has 1 aliphatic carbocycles. The molecule has 0 aromatic carbocycles. The van der Waals surface area contributed by atoms with Gasteiger partial charge in [-0.3, -0.25) is 0 Å². The Morgan fingerprint density at radius 3 is 2.36 bits per heavy atom. The van der Waals surface area contributed by atoms with Crippen LogP contribution in [0.1, 0.15) is 26.7 Å². The molecule has 80 valence electrons. The first kappa shape index (κ1) is 11.3. The van der Waals surface area contributed by atoms with E-state index in [0.29, 0.717) is 6.42 Å². The lowest BCUT2D eigenvalue weighted by atomic mass is 9.75. The maximum Gasteiger partial charge on any atom is 0.397 e. The van der Waals surface area contributed by atoms with E-state index in [0.717, 1.165) is 5.57 Å². The van der Waals surface area contributed by atoms with Gasteiger partial charge in [0.2, 0.25) is 0 Å². The van der Waals surface area contributed by atoms with Crippen LogP contribution in [0.15, 0.2) is 24.3 Å². The van der Waals surface area contributed by atoms with Crippen molar-refractivity contribution < 1.29 is 13.2 Å². The third-order valence-electron chi connectivity index (χ3n) is 2.95. The second kappa shape index (κ2) is 3.44. The summed E-state index contributed by atoms with van der Waals surface area (Å²) >= 11 is 0. The van der Waals surface area contributed by atoms with E-state index >= 15 is 0 Å². The summed E-state index contributed by atoms with van der Waals surface area (Å²) in [5.41, 5.74) is -0.704. The molecule has 0 spiro atoms. The minimum atomic E-state index is -4.14. The topological polar surface area (TPSA) is 0 Å². The number of allylic oxidation sites excluding steroid dienone is 3. The van der Waals surface area contributed by atoms with Gasteiger partial charge in [0, 0.05) is 0 Å². The molecular formula is C11H15F3. The Hall–Kier alpha value is -0.730. The molecule has 2 unspecified atom stereocenters. The molecule has 0 amide bonds. The summed E-state index contributed by atoms with van der Waals surface area (Å²) in [7, 11) is 0. The number of halogens is 3. The summed E-state index contributed by atoms with van der Waals surface area (Å²) in [6, 6.07) is 0. The smallest absolute Gasteiger partial charge is 0.170 e. The Morgan fingerprint density at radius 2 is 2.07 bits per heavy atom. The normalized spacial score (nSPS) is 33.1. The van der Waals surface area contributed by atoms with Gasteiger partial charge in [-0.2, -0.15) is 13.2 Å². The van der Waals surface area contributed by atoms with Gasteiger partial charge in [0.1, 0.15) is 0 Å². The fourth-order valence-electron chi connectivity index (χ4n) is 1.61. The molecular weight excluding hydrogens is 189 g/mol. The Bertz CT molecular complexity index is 262. The van der Waals surface area contributed by atoms with Crippen molar-refractivity contribution in [2.45, 2.75) is 32.9 Å². The highest BCUT2D eigenvalue weighted by atomic mass is 19.4. The van der Waals surface area contributed by atoms with Gasteiger partial charge in [-0.15, -0.1) is 0 Å². The van der Waals surface area contributed by atoms with E-state index in [-0.39, 0.29) is 12.3 Å². The van der Waals surface area contributed by atoms with Crippen molar-refractivity contribution in [2.75, 3.05) is 0 Å². The molecule has 0 fully saturated rings. The van der Waals surface area contributed by atoms with Crippen molar-refractivity contribution in [2.24, 2.45) is 11.3 Å². The summed E-state index contributed by atoms with van der Waals surface area (Å²) in [5, 5.41) is 0. The Balaban J connectivity index is 2.82. The lowest BCUT2D eigenvalue weighted by molar-refractivity contribution is -0.204. The predicted octanol–water partition coefficient (Wildman–Crippen LogP) is 4.10. The molecule has 0 aliphatic heterocycles. The minimum absolute atomic E-state index is 0.116. The molecule has 14 heavy (non-hydrogen) atoms. The average Bonchev–Trinajstić information content (AvgIpc) is 2.03. The number of alkyl halides is 3. The molecule has 1 aliphatic rings. The van der Waals surface area contributed by atoms with Gasteiger partial charge in [0.15, 0.2) is 0 Å². The lowest BCUT2D eigenvalue weighted by Gasteiger charge is -2.34. The third-order valence-corrected chi connectivity index (χ3v) is 2.95. The van der Waals surface area contributed by atoms with Gasteiger partial charge >= 0.3 is 6.18 Å². The second-order valence-corrected chi connectivity index (χ2v) is 4.27. The zero-order chi connectivity index (χ0) is 11.0. The van der Waals surface area contributed by atoms with E-state index in [1.807, 2.05) is 6.92 Å². The highest BCUT2D eigenvalue weighted by Gasteiger charge is 2.49. The average molecular weight is 204 g/mol. The maximum absolute atomic E-state index is 12.6. The molecule has 0 N–H and O–H groups in total. The largest absolute Gasteiger partial charge is 0.397 e. The predicted molar refractivity (Wildman–Crippen MR) is 50.8 cm³/mol. The second-order valence-electron chi connectivity index (χ2n) is 4.27. The van der Waals surface area contributed by atoms with E-state index in [4.69, 9.17) is 0 Å². The molecule has 0 aromatic rings. The van der Waals surface area contributed by atoms with Gasteiger partial charge in [-0.25, -0.2) is 0 Å². The van der Waals surface area contributed by atoms with Crippen molar-refractivity contribution in [1.82, 2.24) is 0 Å². The lowest BCUT2D eigenvalue weighted by Crippen LogP contribution is -2.35. The maximum atomic E-state index is 12.6. The summed E-state index contributed by atoms with van der Waals surface area (Å²) in [6.07, 6.45) is -0.509. The van der Waals surface area contributed by atoms with Crippen LogP contribution in [-0.4, -0.2) is 6.18 Å². The van der Waals surface area contributed by atoms with Crippen LogP contribution in [-0.2, 0) is 0 Å². The van der Waals surface area contributed by atoms with Crippen LogP contribution in [0.4, 0.5) is 13.2 Å². The number of hydrogen-bond acceptors (Lipinski definition) is 0. The van der Waals surface area contributed by atoms with Crippen LogP contribution < -0.4 is 0 Å². The molecule has 0 bridgehead atoms. The van der Waals surface area contributed by atoms with Crippen LogP contribution in [0.2, 0.25) is 0 Å². The van der Waals surface area contributed by atoms with Crippen molar-refractivity contribution in [3.05, 3.63) is 24.3 Å². The van der Waals surface area contributed by atoms with Crippen LogP contribution in [0.5, 0.6) is 0 Å². The van der Waals surface area contributed by atoms with E-state index in [9.17, 15) is 13.2 Å². The van der Waals surface area contributed by atoms with Crippen molar-refractivity contribution >= 4 is 0 Å². The highest BCUT2D eigenvalue weighted by molar-refractivity contribution is 5.15. The quantitative estimate of drug-likeness (QED) is 0.564. The standard InChI is InChI=1S/C11H15F3/c1-8(2)9-4-6-10(3,7-5-9)11(12,13)14/h4,6,9H,1,5,7H2,2-3H3. The van der Waals surface area contributed by atoms with E-state index < -0.39 is 11.6 Å². The molecule has 0 saturated heterocycles. The van der Waals surface area contributed by atoms with E-state index in [1.54, 1.807) is 6.08 Å². The highest BCUT2D eigenvalue weighted by Crippen LogP contribution is 2.46. The van der Waals surface area contributed by atoms with Crippen LogP contribution in [0, 0.1) is 11.3 Å². The molecule has 1 rings (SSSR count). The van der Waals surface area contributed by atoms with Gasteiger partial charge in [-0.05, 0) is 32.6 Å². The monoisotopic (exact) mass is 204 g/mol. The third kappa shape index (κ3) is 2.02. The number of hydrogen-bond donors (Lipinski definition) is 0. The zero-order valence-corrected chi connectivity index (χ0v) is 8.49. The summed E-state index contributed by atoms with van der Waals surface area (Å²) < 4.78 is 37.7. The first-order valence-corrected chi connectivity index (χ1v) is 4.68. The Morgan fingerprint density at radius 1 is 1.50 bits per heavy atom. The Labute approximate surface area is 82.5 Å². The van der Waals surface area contributed by atoms with Crippen LogP contribution in [0.3, 0.4) is 0 Å². The van der Waals surface area contributed by atoms with Crippen molar-refractivity contribution in [1.29, 1.82) is 0 Å². The van der Waals surface area contributed by atoms with Crippen LogP contribution in [0.25, 0.3) is 0 Å². The van der Waals surface area contributed by atoms with E-state index in [1.165, 1.54) is 13.0 Å². The molecule has 0 nitrogen and oxygen atoms in total. The Kier molecular flexibility index (Phi) is 2.79. The van der Waals surface area contributed by atoms with Gasteiger partial charge in [-0.1, -0.05) is 24.3 Å². The van der Waals surface area contributed by atoms with Gasteiger partial charge in [0.05, 0.1) is 5.41 Å². The summed E-state index contributed by atoms with van der Waals surface area (Å²) in [5.74, 6) is 0.116. The molecule has 0 heterocycles. The van der Waals surface area contributed by atoms with Crippen molar-refractivity contribution in [3.63, 3.8) is 0 Å². The summed E-state index contributed by atoms with van der Waals surface area (Å²) in [4.78, 5) is 0. The first-order valence-electron chi connectivity index (χ1n) is 4.68. The minimum Gasteiger partial charge on any atom is -0.170 e. The summed E-state index contributed by atoms with van der Waals surface area (Å²) in [6.45, 7) is 6.86. The van der Waals surface area contributed by atoms with Crippen LogP contribution >= 0.6 is 0 Å². The fourth-order valence-corrected chi connectivity index (χ4v) is 1.61. The first-order chi connectivity index (χ1) is 6.26. The molecule has 0 aromatic heterocycles. The van der Waals surface area contributed by atoms with Gasteiger partial charge in [0.25, 0.3) is 0 Å². The molecule has 0 radical (unpaired) electrons. The SMILES string of the molecule is C=C(C)C1C=CC(C)(C(F)(F)F)CC1. The van der Waals surface area contributed by atoms with Crippen molar-refractivity contribution in [3.8, 4) is 0 Å². The fraction of sp³-hybridized carbons (Fsp3) is 0.636. The molecule has 2 atom stereocenters. The molecule has 0 saturated carbocycles. The number of rotatable bonds is 1. The molecule has 3 heteroatoms. The van der Waals surface area contributed by atoms with Gasteiger partial charge < -0.3 is 0 Å². The van der Waals surface area contributed by atoms with E-state index in [2.05, 4.69) is 6.58 Å².